The zero-order valence-corrected chi connectivity index (χ0v) is 14.5. The number of halogens is 2. The summed E-state index contributed by atoms with van der Waals surface area (Å²) in [6.07, 6.45) is 0.234. The Morgan fingerprint density at radius 2 is 1.93 bits per heavy atom. The molecule has 27 heavy (non-hydrogen) atoms. The fraction of sp³-hybridized carbons (Fsp3) is 0.300. The predicted octanol–water partition coefficient (Wildman–Crippen LogP) is 3.33. The third kappa shape index (κ3) is 4.42. The van der Waals surface area contributed by atoms with Gasteiger partial charge in [-0.05, 0) is 30.2 Å². The number of carbonyl (C=O) groups is 2. The number of para-hydroxylation sites is 1. The van der Waals surface area contributed by atoms with Crippen molar-refractivity contribution in [1.82, 2.24) is 4.90 Å². The molecular formula is C20H19F2NO4. The molecule has 0 saturated heterocycles. The highest BCUT2D eigenvalue weighted by Crippen LogP contribution is 2.35. The van der Waals surface area contributed by atoms with Crippen molar-refractivity contribution in [3.05, 3.63) is 65.2 Å². The van der Waals surface area contributed by atoms with Crippen LogP contribution in [-0.2, 0) is 16.1 Å². The van der Waals surface area contributed by atoms with Crippen LogP contribution in [0.3, 0.4) is 0 Å². The topological polar surface area (TPSA) is 66.8 Å². The number of ether oxygens (including phenoxy) is 1. The van der Waals surface area contributed by atoms with E-state index in [0.29, 0.717) is 24.3 Å². The van der Waals surface area contributed by atoms with Gasteiger partial charge in [-0.25, -0.2) is 8.78 Å². The molecule has 142 valence electrons. The number of benzene rings is 2. The van der Waals surface area contributed by atoms with Crippen LogP contribution in [0.25, 0.3) is 0 Å². The molecule has 0 fully saturated rings. The summed E-state index contributed by atoms with van der Waals surface area (Å²) in [5.41, 5.74) is 1.15. The van der Waals surface area contributed by atoms with Crippen LogP contribution >= 0.6 is 0 Å². The molecule has 1 atom stereocenters. The zero-order valence-electron chi connectivity index (χ0n) is 14.5. The summed E-state index contributed by atoms with van der Waals surface area (Å²) < 4.78 is 32.2. The predicted molar refractivity (Wildman–Crippen MR) is 93.3 cm³/mol. The Labute approximate surface area is 155 Å². The number of hydrogen-bond donors (Lipinski definition) is 1. The fourth-order valence-corrected chi connectivity index (χ4v) is 3.18. The summed E-state index contributed by atoms with van der Waals surface area (Å²) in [5, 5.41) is 8.99. The number of carboxylic acids is 1. The molecule has 0 aromatic heterocycles. The molecular weight excluding hydrogens is 356 g/mol. The molecule has 1 aliphatic heterocycles. The lowest BCUT2D eigenvalue weighted by atomic mass is 9.91. The average molecular weight is 375 g/mol. The number of aliphatic carboxylic acids is 1. The number of hydrogen-bond acceptors (Lipinski definition) is 3. The van der Waals surface area contributed by atoms with Crippen molar-refractivity contribution in [2.24, 2.45) is 0 Å². The largest absolute Gasteiger partial charge is 0.493 e. The van der Waals surface area contributed by atoms with Gasteiger partial charge in [-0.15, -0.1) is 0 Å². The molecule has 5 nitrogen and oxygen atoms in total. The minimum absolute atomic E-state index is 0.00281. The molecule has 0 saturated carbocycles. The Morgan fingerprint density at radius 3 is 2.67 bits per heavy atom. The third-order valence-electron chi connectivity index (χ3n) is 4.52. The van der Waals surface area contributed by atoms with Gasteiger partial charge in [-0.3, -0.25) is 9.59 Å². The Bertz CT molecular complexity index is 856. The van der Waals surface area contributed by atoms with Crippen LogP contribution in [0, 0.1) is 11.6 Å². The van der Waals surface area contributed by atoms with E-state index in [9.17, 15) is 18.4 Å². The Morgan fingerprint density at radius 1 is 1.15 bits per heavy atom. The number of carbonyl (C=O) groups excluding carboxylic acids is 1. The molecule has 0 spiro atoms. The van der Waals surface area contributed by atoms with Gasteiger partial charge in [0.05, 0.1) is 18.9 Å². The lowest BCUT2D eigenvalue weighted by molar-refractivity contribution is -0.139. The Balaban J connectivity index is 1.85. The number of fused-ring (bicyclic) bond motifs is 1. The molecule has 2 aromatic carbocycles. The normalized spacial score (nSPS) is 15.6. The van der Waals surface area contributed by atoms with E-state index in [0.717, 1.165) is 17.7 Å². The fourth-order valence-electron chi connectivity index (χ4n) is 3.18. The number of rotatable bonds is 6. The second-order valence-electron chi connectivity index (χ2n) is 6.38. The molecule has 3 rings (SSSR count). The highest BCUT2D eigenvalue weighted by Gasteiger charge is 2.31. The molecule has 0 radical (unpaired) electrons. The first kappa shape index (κ1) is 18.8. The maximum absolute atomic E-state index is 13.5. The van der Waals surface area contributed by atoms with Gasteiger partial charge in [0.1, 0.15) is 5.75 Å². The van der Waals surface area contributed by atoms with Gasteiger partial charge in [0.25, 0.3) is 0 Å². The van der Waals surface area contributed by atoms with E-state index in [1.165, 1.54) is 11.0 Å². The monoisotopic (exact) mass is 375 g/mol. The van der Waals surface area contributed by atoms with Crippen molar-refractivity contribution in [2.45, 2.75) is 25.3 Å². The summed E-state index contributed by atoms with van der Waals surface area (Å²) in [4.78, 5) is 25.5. The van der Waals surface area contributed by atoms with Crippen LogP contribution in [0.15, 0.2) is 42.5 Å². The zero-order chi connectivity index (χ0) is 19.4. The molecule has 1 aliphatic rings. The van der Waals surface area contributed by atoms with E-state index in [-0.39, 0.29) is 25.4 Å². The van der Waals surface area contributed by atoms with Crippen molar-refractivity contribution in [2.75, 3.05) is 13.2 Å². The van der Waals surface area contributed by atoms with Gasteiger partial charge < -0.3 is 14.7 Å². The van der Waals surface area contributed by atoms with Gasteiger partial charge in [-0.2, -0.15) is 0 Å². The van der Waals surface area contributed by atoms with Crippen LogP contribution < -0.4 is 4.74 Å². The lowest BCUT2D eigenvalue weighted by Gasteiger charge is -2.31. The summed E-state index contributed by atoms with van der Waals surface area (Å²) in [6, 6.07) is 10.6. The van der Waals surface area contributed by atoms with E-state index < -0.39 is 23.5 Å². The maximum Gasteiger partial charge on any atom is 0.305 e. The number of amides is 1. The molecule has 0 bridgehead atoms. The summed E-state index contributed by atoms with van der Waals surface area (Å²) in [5.74, 6) is -3.10. The molecule has 0 aliphatic carbocycles. The van der Waals surface area contributed by atoms with Gasteiger partial charge in [0, 0.05) is 18.7 Å². The molecule has 7 heteroatoms. The van der Waals surface area contributed by atoms with E-state index in [1.54, 1.807) is 6.07 Å². The molecule has 2 aromatic rings. The van der Waals surface area contributed by atoms with Crippen LogP contribution in [0.5, 0.6) is 5.75 Å². The van der Waals surface area contributed by atoms with Crippen LogP contribution in [-0.4, -0.2) is 35.0 Å². The van der Waals surface area contributed by atoms with E-state index in [4.69, 9.17) is 9.84 Å². The number of carboxylic acid groups (broad SMARTS) is 1. The maximum atomic E-state index is 13.5. The second-order valence-corrected chi connectivity index (χ2v) is 6.38. The Hall–Kier alpha value is -2.96. The van der Waals surface area contributed by atoms with Crippen molar-refractivity contribution >= 4 is 11.9 Å². The summed E-state index contributed by atoms with van der Waals surface area (Å²) >= 11 is 0. The first-order valence-electron chi connectivity index (χ1n) is 8.62. The highest BCUT2D eigenvalue weighted by molar-refractivity contribution is 5.85. The molecule has 0 unspecified atom stereocenters. The highest BCUT2D eigenvalue weighted by atomic mass is 19.2. The molecule has 1 heterocycles. The minimum atomic E-state index is -1.04. The van der Waals surface area contributed by atoms with E-state index >= 15 is 0 Å². The molecule has 1 N–H and O–H groups in total. The Kier molecular flexibility index (Phi) is 5.69. The van der Waals surface area contributed by atoms with Crippen LogP contribution in [0.1, 0.15) is 29.9 Å². The van der Waals surface area contributed by atoms with E-state index in [1.807, 2.05) is 18.2 Å². The lowest BCUT2D eigenvalue weighted by Crippen LogP contribution is -2.38. The average Bonchev–Trinajstić information content (AvgIpc) is 2.66. The first-order chi connectivity index (χ1) is 13.0. The minimum Gasteiger partial charge on any atom is -0.493 e. The van der Waals surface area contributed by atoms with Crippen LogP contribution in [0.4, 0.5) is 8.78 Å². The van der Waals surface area contributed by atoms with Crippen molar-refractivity contribution in [3.8, 4) is 5.75 Å². The van der Waals surface area contributed by atoms with E-state index in [2.05, 4.69) is 0 Å². The first-order valence-corrected chi connectivity index (χ1v) is 8.62. The van der Waals surface area contributed by atoms with Crippen LogP contribution in [0.2, 0.25) is 0 Å². The van der Waals surface area contributed by atoms with Crippen molar-refractivity contribution in [1.29, 1.82) is 0 Å². The van der Waals surface area contributed by atoms with Gasteiger partial charge in [0.2, 0.25) is 5.91 Å². The van der Waals surface area contributed by atoms with Gasteiger partial charge >= 0.3 is 5.97 Å². The summed E-state index contributed by atoms with van der Waals surface area (Å²) in [7, 11) is 0. The molecule has 1 amide bonds. The standard InChI is InChI=1S/C20H19F2NO4/c21-16-6-5-13(11-17(16)22)12-23(9-7-19(24)25)20(26)15-8-10-27-18-4-2-1-3-14(15)18/h1-6,11,15H,7-10,12H2,(H,24,25)/t15-/m0/s1. The SMILES string of the molecule is O=C(O)CCN(Cc1ccc(F)c(F)c1)C(=O)[C@H]1CCOc2ccccc21. The smallest absolute Gasteiger partial charge is 0.305 e. The van der Waals surface area contributed by atoms with Crippen molar-refractivity contribution < 1.29 is 28.2 Å². The summed E-state index contributed by atoms with van der Waals surface area (Å²) in [6.45, 7) is 0.362. The third-order valence-corrected chi connectivity index (χ3v) is 4.52. The number of nitrogens with zero attached hydrogens (tertiary/aromatic N) is 1. The van der Waals surface area contributed by atoms with Gasteiger partial charge in [-0.1, -0.05) is 24.3 Å². The van der Waals surface area contributed by atoms with Gasteiger partial charge in [0.15, 0.2) is 11.6 Å². The second kappa shape index (κ2) is 8.16. The van der Waals surface area contributed by atoms with Crippen molar-refractivity contribution in [3.63, 3.8) is 0 Å². The quantitative estimate of drug-likeness (QED) is 0.841.